The lowest BCUT2D eigenvalue weighted by molar-refractivity contribution is -0.148. The normalized spacial score (nSPS) is 21.5. The number of aromatic nitrogens is 3. The standard InChI is InChI=1S/C58H74Cl2N10O7/c1-65(2)28-26-50-56(73)64-48(37-76-8)58(75)67(5)45(29-38-16-21-42(59)22-17-38)33-54(71)63-47-14-9-10-15-49(47)69(7)57(74)41(30-44-13-11-12-27-61-44)31-55(72)70(50)35-40-18-23-43(60)32-52(40)77-46-24-19-39(20-25-46)51-34-62-53(68(51)6)36-66(3)4/h11-13,16-25,27,32,34,41,45,47-50H,9-10,14-15,26,28-31,33,35-37H2,1-8H3,(H,63,71)(H,64,73)/t41-,45+,47+,48+,49+,50-/m1/s1. The van der Waals surface area contributed by atoms with Crippen molar-refractivity contribution in [2.75, 3.05) is 62.5 Å². The fourth-order valence-corrected chi connectivity index (χ4v) is 10.7. The second-order valence-corrected chi connectivity index (χ2v) is 21.8. The van der Waals surface area contributed by atoms with Crippen molar-refractivity contribution in [1.29, 1.82) is 0 Å². The lowest BCUT2D eigenvalue weighted by Gasteiger charge is -2.40. The summed E-state index contributed by atoms with van der Waals surface area (Å²) >= 11 is 13.0. The first kappa shape index (κ1) is 58.3. The summed E-state index contributed by atoms with van der Waals surface area (Å²) in [6, 6.07) is 21.6. The molecule has 3 aromatic carbocycles. The molecule has 1 aliphatic heterocycles. The van der Waals surface area contributed by atoms with E-state index in [9.17, 15) is 9.59 Å². The maximum absolute atomic E-state index is 15.6. The topological polar surface area (TPSA) is 175 Å². The molecular weight excluding hydrogens is 1020 g/mol. The highest BCUT2D eigenvalue weighted by Crippen LogP contribution is 2.33. The molecule has 2 aromatic heterocycles. The quantitative estimate of drug-likeness (QED) is 0.104. The van der Waals surface area contributed by atoms with Crippen molar-refractivity contribution < 1.29 is 33.4 Å². The molecule has 5 aromatic rings. The number of nitrogens with zero attached hydrogens (tertiary/aromatic N) is 8. The van der Waals surface area contributed by atoms with E-state index in [1.807, 2.05) is 94.9 Å². The molecule has 0 spiro atoms. The Morgan fingerprint density at radius 3 is 2.18 bits per heavy atom. The summed E-state index contributed by atoms with van der Waals surface area (Å²) in [4.78, 5) is 93.2. The number of amides is 5. The Morgan fingerprint density at radius 2 is 1.49 bits per heavy atom. The SMILES string of the molecule is COC[C@@H]1NC(=O)[C@@H](CCN(C)C)N(Cc2ccc(Cl)cc2Oc2ccc(-c3cnc(CN(C)C)n3C)cc2)C(=O)C[C@@H](Cc2ccccn2)C(=O)N(C)[C@H]2CCCC[C@@H]2NC(=O)C[C@H](Cc2ccc(Cl)cc2)N(C)C1=O. The fourth-order valence-electron chi connectivity index (χ4n) is 10.4. The Balaban J connectivity index is 1.31. The molecule has 5 amide bonds. The number of fused-ring (bicyclic) bond motifs is 1. The maximum atomic E-state index is 15.6. The van der Waals surface area contributed by atoms with Crippen LogP contribution in [0.2, 0.25) is 10.0 Å². The van der Waals surface area contributed by atoms with Crippen LogP contribution in [0.1, 0.15) is 67.6 Å². The van der Waals surface area contributed by atoms with Gasteiger partial charge in [0.05, 0.1) is 43.5 Å². The summed E-state index contributed by atoms with van der Waals surface area (Å²) in [5.41, 5.74) is 3.87. The minimum absolute atomic E-state index is 0.0621. The van der Waals surface area contributed by atoms with Gasteiger partial charge in [-0.2, -0.15) is 0 Å². The number of pyridine rings is 1. The summed E-state index contributed by atoms with van der Waals surface area (Å²) in [7, 11) is 14.5. The van der Waals surface area contributed by atoms with Crippen molar-refractivity contribution in [3.05, 3.63) is 130 Å². The average Bonchev–Trinajstić information content (AvgIpc) is 3.76. The Bertz CT molecular complexity index is 2800. The van der Waals surface area contributed by atoms with Crippen molar-refractivity contribution in [3.63, 3.8) is 0 Å². The highest BCUT2D eigenvalue weighted by Gasteiger charge is 2.40. The zero-order valence-electron chi connectivity index (χ0n) is 45.6. The zero-order chi connectivity index (χ0) is 55.3. The van der Waals surface area contributed by atoms with Crippen LogP contribution in [0.4, 0.5) is 0 Å². The highest BCUT2D eigenvalue weighted by molar-refractivity contribution is 6.31. The smallest absolute Gasteiger partial charge is 0.247 e. The molecule has 0 radical (unpaired) electrons. The number of imidazole rings is 1. The summed E-state index contributed by atoms with van der Waals surface area (Å²) in [5, 5.41) is 7.17. The van der Waals surface area contributed by atoms with Gasteiger partial charge in [-0.15, -0.1) is 0 Å². The molecule has 412 valence electrons. The van der Waals surface area contributed by atoms with Gasteiger partial charge >= 0.3 is 0 Å². The zero-order valence-corrected chi connectivity index (χ0v) is 47.1. The third kappa shape index (κ3) is 15.7. The van der Waals surface area contributed by atoms with E-state index in [2.05, 4.69) is 30.1 Å². The lowest BCUT2D eigenvalue weighted by Crippen LogP contribution is -2.59. The van der Waals surface area contributed by atoms with E-state index in [-0.39, 0.29) is 56.7 Å². The number of carbonyl (C=O) groups is 5. The largest absolute Gasteiger partial charge is 0.457 e. The molecule has 2 aliphatic rings. The highest BCUT2D eigenvalue weighted by atomic mass is 35.5. The Hall–Kier alpha value is -6.37. The molecule has 77 heavy (non-hydrogen) atoms. The number of ether oxygens (including phenoxy) is 2. The number of hydrogen-bond donors (Lipinski definition) is 2. The van der Waals surface area contributed by atoms with Crippen molar-refractivity contribution >= 4 is 52.7 Å². The maximum Gasteiger partial charge on any atom is 0.247 e. The van der Waals surface area contributed by atoms with Gasteiger partial charge in [0.25, 0.3) is 0 Å². The summed E-state index contributed by atoms with van der Waals surface area (Å²) in [6.07, 6.45) is 6.67. The first-order chi connectivity index (χ1) is 36.9. The van der Waals surface area contributed by atoms with Crippen LogP contribution in [0.5, 0.6) is 11.5 Å². The fraction of sp³-hybridized carbons (Fsp3) is 0.466. The van der Waals surface area contributed by atoms with Crippen molar-refractivity contribution in [2.24, 2.45) is 13.0 Å². The molecule has 1 aliphatic carbocycles. The van der Waals surface area contributed by atoms with Crippen LogP contribution in [0.15, 0.2) is 97.3 Å². The first-order valence-corrected chi connectivity index (χ1v) is 27.1. The number of likely N-dealkylation sites (N-methyl/N-ethyl adjacent to an activating group) is 2. The predicted octanol–water partition coefficient (Wildman–Crippen LogP) is 7.03. The Kier molecular flexibility index (Phi) is 20.7. The second kappa shape index (κ2) is 27.3. The van der Waals surface area contributed by atoms with Gasteiger partial charge in [-0.05, 0) is 127 Å². The molecular formula is C58H74Cl2N10O7. The Labute approximate surface area is 463 Å². The molecule has 2 N–H and O–H groups in total. The van der Waals surface area contributed by atoms with E-state index in [1.54, 1.807) is 61.6 Å². The van der Waals surface area contributed by atoms with Crippen molar-refractivity contribution in [1.82, 2.24) is 49.7 Å². The van der Waals surface area contributed by atoms with Crippen LogP contribution < -0.4 is 15.4 Å². The molecule has 19 heteroatoms. The van der Waals surface area contributed by atoms with E-state index < -0.39 is 47.8 Å². The van der Waals surface area contributed by atoms with Crippen LogP contribution in [0, 0.1) is 5.92 Å². The molecule has 0 unspecified atom stereocenters. The number of hydrogen-bond acceptors (Lipinski definition) is 11. The monoisotopic (exact) mass is 1090 g/mol. The minimum Gasteiger partial charge on any atom is -0.457 e. The molecule has 3 heterocycles. The number of methoxy groups -OCH3 is 1. The first-order valence-electron chi connectivity index (χ1n) is 26.3. The van der Waals surface area contributed by atoms with Gasteiger partial charge in [0.2, 0.25) is 29.5 Å². The van der Waals surface area contributed by atoms with Gasteiger partial charge in [0.15, 0.2) is 0 Å². The second-order valence-electron chi connectivity index (χ2n) is 20.9. The van der Waals surface area contributed by atoms with Gasteiger partial charge in [-0.1, -0.05) is 60.3 Å². The van der Waals surface area contributed by atoms with Gasteiger partial charge in [0, 0.05) is 92.7 Å². The summed E-state index contributed by atoms with van der Waals surface area (Å²) < 4.78 is 14.3. The van der Waals surface area contributed by atoms with Crippen LogP contribution >= 0.6 is 23.2 Å². The van der Waals surface area contributed by atoms with Crippen LogP contribution in [0.3, 0.4) is 0 Å². The Morgan fingerprint density at radius 1 is 0.766 bits per heavy atom. The third-order valence-corrected chi connectivity index (χ3v) is 15.1. The number of benzene rings is 3. The van der Waals surface area contributed by atoms with E-state index in [0.29, 0.717) is 65.2 Å². The number of rotatable bonds is 16. The molecule has 6 atom stereocenters. The van der Waals surface area contributed by atoms with Gasteiger partial charge in [0.1, 0.15) is 29.4 Å². The average molecular weight is 1090 g/mol. The predicted molar refractivity (Wildman–Crippen MR) is 298 cm³/mol. The molecule has 7 rings (SSSR count). The van der Waals surface area contributed by atoms with E-state index in [0.717, 1.165) is 35.5 Å². The van der Waals surface area contributed by atoms with Crippen LogP contribution in [-0.2, 0) is 61.7 Å². The number of halogens is 2. The molecule has 17 nitrogen and oxygen atoms in total. The van der Waals surface area contributed by atoms with Crippen molar-refractivity contribution in [2.45, 2.75) is 101 Å². The molecule has 2 fully saturated rings. The van der Waals surface area contributed by atoms with Gasteiger partial charge in [-0.3, -0.25) is 29.0 Å². The van der Waals surface area contributed by atoms with E-state index >= 15 is 14.4 Å². The molecule has 1 saturated carbocycles. The van der Waals surface area contributed by atoms with Gasteiger partial charge in [-0.25, -0.2) is 4.98 Å². The molecule has 0 bridgehead atoms. The summed E-state index contributed by atoms with van der Waals surface area (Å²) in [5.74, 6) is -1.28. The third-order valence-electron chi connectivity index (χ3n) is 14.7. The van der Waals surface area contributed by atoms with Gasteiger partial charge < -0.3 is 49.2 Å². The minimum atomic E-state index is -1.22. The van der Waals surface area contributed by atoms with Crippen LogP contribution in [-0.4, -0.2) is 161 Å². The lowest BCUT2D eigenvalue weighted by atomic mass is 9.87. The number of carbonyl (C=O) groups excluding carboxylic acids is 5. The van der Waals surface area contributed by atoms with Crippen molar-refractivity contribution in [3.8, 4) is 22.8 Å². The molecule has 1 saturated heterocycles. The van der Waals surface area contributed by atoms with E-state index in [4.69, 9.17) is 32.7 Å². The van der Waals surface area contributed by atoms with E-state index in [1.165, 1.54) is 16.9 Å². The van der Waals surface area contributed by atoms with Crippen LogP contribution in [0.25, 0.3) is 11.3 Å². The summed E-state index contributed by atoms with van der Waals surface area (Å²) in [6.45, 7) is 0.712. The number of nitrogens with one attached hydrogen (secondary N) is 2.